The Kier molecular flexibility index (Phi) is 3.36. The Hall–Kier alpha value is -1.65. The van der Waals surface area contributed by atoms with Crippen LogP contribution in [0.1, 0.15) is 17.2 Å². The van der Waals surface area contributed by atoms with Crippen LogP contribution in [0.3, 0.4) is 0 Å². The summed E-state index contributed by atoms with van der Waals surface area (Å²) in [5, 5.41) is 5.03. The largest absolute Gasteiger partial charge is 0.328 e. The number of benzene rings is 2. The quantitative estimate of drug-likeness (QED) is 0.831. The van der Waals surface area contributed by atoms with E-state index in [2.05, 4.69) is 44.8 Å². The molecule has 1 heterocycles. The van der Waals surface area contributed by atoms with Crippen LogP contribution >= 0.6 is 15.9 Å². The van der Waals surface area contributed by atoms with Crippen molar-refractivity contribution >= 4 is 27.5 Å². The van der Waals surface area contributed by atoms with Gasteiger partial charge < -0.3 is 10.6 Å². The summed E-state index contributed by atoms with van der Waals surface area (Å²) in [6.07, 6.45) is 0. The lowest BCUT2D eigenvalue weighted by atomic mass is 9.97. The summed E-state index contributed by atoms with van der Waals surface area (Å²) in [7, 11) is 0. The fourth-order valence-corrected chi connectivity index (χ4v) is 2.81. The number of anilines is 1. The van der Waals surface area contributed by atoms with Crippen molar-refractivity contribution in [3.63, 3.8) is 0 Å². The number of nitrogens with one attached hydrogen (secondary N) is 1. The highest BCUT2D eigenvalue weighted by Crippen LogP contribution is 2.29. The fraction of sp³-hybridized carbons (Fsp3) is 0.133. The van der Waals surface area contributed by atoms with Crippen molar-refractivity contribution in [1.29, 1.82) is 0 Å². The molecule has 3 N–H and O–H groups in total. The van der Waals surface area contributed by atoms with Crippen LogP contribution in [0.2, 0.25) is 0 Å². The van der Waals surface area contributed by atoms with Gasteiger partial charge in [-0.1, -0.05) is 46.3 Å². The molecule has 2 aromatic carbocycles. The molecule has 0 saturated heterocycles. The second-order valence-electron chi connectivity index (χ2n) is 4.61. The molecule has 1 amide bonds. The highest BCUT2D eigenvalue weighted by molar-refractivity contribution is 9.10. The van der Waals surface area contributed by atoms with Crippen molar-refractivity contribution in [3.8, 4) is 0 Å². The third-order valence-electron chi connectivity index (χ3n) is 3.32. The molecule has 0 unspecified atom stereocenters. The van der Waals surface area contributed by atoms with Crippen molar-refractivity contribution in [2.75, 3.05) is 11.9 Å². The van der Waals surface area contributed by atoms with Gasteiger partial charge in [-0.2, -0.15) is 0 Å². The number of carbonyl (C=O) groups is 1. The number of quaternary nitrogens is 1. The summed E-state index contributed by atoms with van der Waals surface area (Å²) in [5.74, 6) is 0.0435. The average molecular weight is 318 g/mol. The van der Waals surface area contributed by atoms with Gasteiger partial charge in [-0.3, -0.25) is 4.79 Å². The van der Waals surface area contributed by atoms with Crippen LogP contribution in [-0.4, -0.2) is 12.5 Å². The summed E-state index contributed by atoms with van der Waals surface area (Å²) in [5.41, 5.74) is 3.24. The van der Waals surface area contributed by atoms with Crippen LogP contribution in [0.5, 0.6) is 0 Å². The minimum Gasteiger partial charge on any atom is -0.328 e. The first-order chi connectivity index (χ1) is 9.24. The molecule has 96 valence electrons. The molecule has 2 aromatic rings. The standard InChI is InChI=1S/C15H13BrN2O/c16-11-6-7-13-12(8-11)15(17-9-14(19)18-13)10-4-2-1-3-5-10/h1-8,15,17H,9H2,(H,18,19)/p+1/t15-/m0/s1. The number of amides is 1. The predicted octanol–water partition coefficient (Wildman–Crippen LogP) is 2.05. The maximum Gasteiger partial charge on any atom is 0.279 e. The van der Waals surface area contributed by atoms with E-state index in [9.17, 15) is 4.79 Å². The summed E-state index contributed by atoms with van der Waals surface area (Å²) in [6.45, 7) is 0.436. The molecular weight excluding hydrogens is 304 g/mol. The third-order valence-corrected chi connectivity index (χ3v) is 3.81. The molecule has 0 radical (unpaired) electrons. The normalized spacial score (nSPS) is 18.4. The van der Waals surface area contributed by atoms with Gasteiger partial charge >= 0.3 is 0 Å². The Morgan fingerprint density at radius 2 is 1.95 bits per heavy atom. The molecule has 1 aliphatic rings. The highest BCUT2D eigenvalue weighted by atomic mass is 79.9. The van der Waals surface area contributed by atoms with E-state index in [1.807, 2.05) is 30.3 Å². The van der Waals surface area contributed by atoms with Crippen molar-refractivity contribution in [2.24, 2.45) is 0 Å². The second-order valence-corrected chi connectivity index (χ2v) is 5.52. The maximum absolute atomic E-state index is 11.8. The summed E-state index contributed by atoms with van der Waals surface area (Å²) in [4.78, 5) is 11.8. The molecule has 0 spiro atoms. The Morgan fingerprint density at radius 3 is 2.74 bits per heavy atom. The summed E-state index contributed by atoms with van der Waals surface area (Å²) < 4.78 is 1.02. The molecule has 0 saturated carbocycles. The van der Waals surface area contributed by atoms with Crippen LogP contribution < -0.4 is 10.6 Å². The molecule has 3 nitrogen and oxygen atoms in total. The number of carbonyl (C=O) groups excluding carboxylic acids is 1. The maximum atomic E-state index is 11.8. The number of fused-ring (bicyclic) bond motifs is 1. The van der Waals surface area contributed by atoms with E-state index >= 15 is 0 Å². The predicted molar refractivity (Wildman–Crippen MR) is 77.8 cm³/mol. The fourth-order valence-electron chi connectivity index (χ4n) is 2.43. The van der Waals surface area contributed by atoms with Crippen molar-refractivity contribution < 1.29 is 10.1 Å². The van der Waals surface area contributed by atoms with Gasteiger partial charge in [-0.25, -0.2) is 0 Å². The number of nitrogens with two attached hydrogens (primary N) is 1. The van der Waals surface area contributed by atoms with Gasteiger partial charge in [0.05, 0.1) is 5.69 Å². The number of rotatable bonds is 1. The van der Waals surface area contributed by atoms with Gasteiger partial charge in [0.15, 0.2) is 6.54 Å². The first-order valence-electron chi connectivity index (χ1n) is 6.21. The van der Waals surface area contributed by atoms with Gasteiger partial charge in [0, 0.05) is 15.6 Å². The average Bonchev–Trinajstić information content (AvgIpc) is 2.58. The van der Waals surface area contributed by atoms with E-state index < -0.39 is 0 Å². The van der Waals surface area contributed by atoms with E-state index in [0.717, 1.165) is 15.7 Å². The Labute approximate surface area is 120 Å². The van der Waals surface area contributed by atoms with E-state index in [-0.39, 0.29) is 11.9 Å². The van der Waals surface area contributed by atoms with Crippen LogP contribution in [0.4, 0.5) is 5.69 Å². The molecule has 0 bridgehead atoms. The Morgan fingerprint density at radius 1 is 1.16 bits per heavy atom. The molecule has 1 aliphatic heterocycles. The molecular formula is C15H14BrN2O+. The zero-order chi connectivity index (χ0) is 13.2. The van der Waals surface area contributed by atoms with E-state index in [4.69, 9.17) is 0 Å². The Balaban J connectivity index is 2.11. The molecule has 4 heteroatoms. The summed E-state index contributed by atoms with van der Waals surface area (Å²) in [6, 6.07) is 16.4. The van der Waals surface area contributed by atoms with E-state index in [1.54, 1.807) is 0 Å². The Bertz CT molecular complexity index is 613. The van der Waals surface area contributed by atoms with Crippen molar-refractivity contribution in [1.82, 2.24) is 0 Å². The zero-order valence-electron chi connectivity index (χ0n) is 10.3. The monoisotopic (exact) mass is 317 g/mol. The first kappa shape index (κ1) is 12.4. The SMILES string of the molecule is O=C1C[NH2+][C@@H](c2ccccc2)c2cc(Br)ccc2N1. The van der Waals surface area contributed by atoms with Gasteiger partial charge in [-0.05, 0) is 18.2 Å². The minimum atomic E-state index is 0.0435. The van der Waals surface area contributed by atoms with Gasteiger partial charge in [0.25, 0.3) is 5.91 Å². The van der Waals surface area contributed by atoms with Gasteiger partial charge in [0.1, 0.15) is 6.04 Å². The number of hydrogen-bond acceptors (Lipinski definition) is 1. The highest BCUT2D eigenvalue weighted by Gasteiger charge is 2.26. The third kappa shape index (κ3) is 2.55. The molecule has 0 fully saturated rings. The van der Waals surface area contributed by atoms with Gasteiger partial charge in [-0.15, -0.1) is 0 Å². The molecule has 0 aliphatic carbocycles. The molecule has 19 heavy (non-hydrogen) atoms. The number of halogens is 1. The topological polar surface area (TPSA) is 45.7 Å². The second kappa shape index (κ2) is 5.15. The van der Waals surface area contributed by atoms with Crippen LogP contribution in [0.25, 0.3) is 0 Å². The molecule has 1 atom stereocenters. The van der Waals surface area contributed by atoms with Crippen LogP contribution in [-0.2, 0) is 4.79 Å². The molecule has 3 rings (SSSR count). The molecule has 0 aromatic heterocycles. The first-order valence-corrected chi connectivity index (χ1v) is 7.01. The van der Waals surface area contributed by atoms with Gasteiger partial charge in [0.2, 0.25) is 0 Å². The lowest BCUT2D eigenvalue weighted by Crippen LogP contribution is -2.86. The zero-order valence-corrected chi connectivity index (χ0v) is 11.9. The van der Waals surface area contributed by atoms with Crippen LogP contribution in [0.15, 0.2) is 53.0 Å². The smallest absolute Gasteiger partial charge is 0.279 e. The lowest BCUT2D eigenvalue weighted by Gasteiger charge is -2.15. The summed E-state index contributed by atoms with van der Waals surface area (Å²) >= 11 is 3.50. The van der Waals surface area contributed by atoms with Crippen molar-refractivity contribution in [3.05, 3.63) is 64.1 Å². The minimum absolute atomic E-state index is 0.0435. The van der Waals surface area contributed by atoms with Crippen LogP contribution in [0, 0.1) is 0 Å². The van der Waals surface area contributed by atoms with Crippen molar-refractivity contribution in [2.45, 2.75) is 6.04 Å². The van der Waals surface area contributed by atoms with E-state index in [0.29, 0.717) is 6.54 Å². The number of hydrogen-bond donors (Lipinski definition) is 2. The van der Waals surface area contributed by atoms with E-state index in [1.165, 1.54) is 5.56 Å². The lowest BCUT2D eigenvalue weighted by molar-refractivity contribution is -0.675.